The normalized spacial score (nSPS) is 30.9. The number of Topliss-reactive ketones (excluding diaryl/α,β-unsaturated/α-hetero) is 1. The molecule has 4 rings (SSSR count). The van der Waals surface area contributed by atoms with E-state index in [4.69, 9.17) is 15.2 Å². The van der Waals surface area contributed by atoms with E-state index in [2.05, 4.69) is 12.1 Å². The molecule has 0 amide bonds. The minimum Gasteiger partial charge on any atom is -0.429 e. The predicted molar refractivity (Wildman–Crippen MR) is 111 cm³/mol. The van der Waals surface area contributed by atoms with Gasteiger partial charge in [0.15, 0.2) is 5.78 Å². The minimum absolute atomic E-state index is 0.151. The van der Waals surface area contributed by atoms with E-state index in [-0.39, 0.29) is 24.0 Å². The average Bonchev–Trinajstić information content (AvgIpc) is 3.28. The Morgan fingerprint density at radius 2 is 1.86 bits per heavy atom. The second-order valence-electron chi connectivity index (χ2n) is 9.62. The van der Waals surface area contributed by atoms with E-state index in [1.807, 2.05) is 41.5 Å². The van der Waals surface area contributed by atoms with Gasteiger partial charge in [-0.25, -0.2) is 0 Å². The Labute approximate surface area is 172 Å². The number of carbonyl (C=O) groups is 2. The maximum Gasteiger partial charge on any atom is 0.316 e. The molecule has 5 nitrogen and oxygen atoms in total. The van der Waals surface area contributed by atoms with Gasteiger partial charge in [-0.2, -0.15) is 0 Å². The number of ketones is 1. The molecule has 4 atom stereocenters. The summed E-state index contributed by atoms with van der Waals surface area (Å²) in [6.07, 6.45) is 1.75. The number of hydrogen-bond acceptors (Lipinski definition) is 5. The largest absolute Gasteiger partial charge is 0.429 e. The van der Waals surface area contributed by atoms with Crippen LogP contribution in [0.3, 0.4) is 0 Å². The van der Waals surface area contributed by atoms with Gasteiger partial charge in [0.2, 0.25) is 0 Å². The minimum atomic E-state index is -1.14. The quantitative estimate of drug-likeness (QED) is 0.783. The summed E-state index contributed by atoms with van der Waals surface area (Å²) in [5.74, 6) is -0.455. The highest BCUT2D eigenvalue weighted by molar-refractivity contribution is 6.29. The SMILES string of the molecule is CCC(C)(C)C(=O)OC1=C(c2c(C)cc(C)cc2C)C(=O)[C@]2(N)C3CCC(O3)[C@H]12. The van der Waals surface area contributed by atoms with Gasteiger partial charge in [-0.1, -0.05) is 24.6 Å². The van der Waals surface area contributed by atoms with Crippen molar-refractivity contribution in [3.63, 3.8) is 0 Å². The van der Waals surface area contributed by atoms with Crippen molar-refractivity contribution in [3.8, 4) is 0 Å². The lowest BCUT2D eigenvalue weighted by molar-refractivity contribution is -0.150. The first-order valence-corrected chi connectivity index (χ1v) is 10.6. The van der Waals surface area contributed by atoms with Crippen LogP contribution in [0.4, 0.5) is 0 Å². The molecule has 2 unspecified atom stereocenters. The van der Waals surface area contributed by atoms with Crippen LogP contribution in [0.25, 0.3) is 5.57 Å². The van der Waals surface area contributed by atoms with Crippen LogP contribution in [0, 0.1) is 32.1 Å². The summed E-state index contributed by atoms with van der Waals surface area (Å²) < 4.78 is 12.1. The molecule has 2 bridgehead atoms. The Balaban J connectivity index is 1.91. The molecule has 5 heteroatoms. The Hall–Kier alpha value is -1.98. The fourth-order valence-electron chi connectivity index (χ4n) is 5.23. The Kier molecular flexibility index (Phi) is 4.56. The molecular formula is C24H31NO4. The second kappa shape index (κ2) is 6.51. The summed E-state index contributed by atoms with van der Waals surface area (Å²) in [4.78, 5) is 26.8. The molecule has 3 aliphatic rings. The first-order chi connectivity index (χ1) is 13.5. The average molecular weight is 398 g/mol. The zero-order valence-electron chi connectivity index (χ0n) is 18.2. The van der Waals surface area contributed by atoms with Gasteiger partial charge in [0, 0.05) is 0 Å². The Morgan fingerprint density at radius 3 is 2.45 bits per heavy atom. The molecule has 156 valence electrons. The third kappa shape index (κ3) is 2.74. The third-order valence-corrected chi connectivity index (χ3v) is 7.19. The molecule has 1 aromatic rings. The summed E-state index contributed by atoms with van der Waals surface area (Å²) in [7, 11) is 0. The third-order valence-electron chi connectivity index (χ3n) is 7.19. The van der Waals surface area contributed by atoms with E-state index >= 15 is 0 Å². The summed E-state index contributed by atoms with van der Waals surface area (Å²) in [5, 5.41) is 0. The van der Waals surface area contributed by atoms with Crippen molar-refractivity contribution in [1.29, 1.82) is 0 Å². The van der Waals surface area contributed by atoms with E-state index in [1.165, 1.54) is 0 Å². The van der Waals surface area contributed by atoms with Gasteiger partial charge < -0.3 is 15.2 Å². The van der Waals surface area contributed by atoms with Gasteiger partial charge in [-0.3, -0.25) is 9.59 Å². The number of nitrogens with two attached hydrogens (primary N) is 1. The maximum atomic E-state index is 13.7. The fraction of sp³-hybridized carbons (Fsp3) is 0.583. The zero-order valence-corrected chi connectivity index (χ0v) is 18.2. The van der Waals surface area contributed by atoms with Crippen LogP contribution in [0.15, 0.2) is 17.9 Å². The highest BCUT2D eigenvalue weighted by Crippen LogP contribution is 2.56. The molecule has 1 aromatic carbocycles. The molecule has 2 saturated heterocycles. The first-order valence-electron chi connectivity index (χ1n) is 10.6. The Bertz CT molecular complexity index is 921. The number of aryl methyl sites for hydroxylation is 3. The molecule has 0 spiro atoms. The van der Waals surface area contributed by atoms with E-state index < -0.39 is 16.9 Å². The summed E-state index contributed by atoms with van der Waals surface area (Å²) >= 11 is 0. The van der Waals surface area contributed by atoms with Gasteiger partial charge in [-0.05, 0) is 70.6 Å². The number of hydrogen-bond donors (Lipinski definition) is 1. The molecular weight excluding hydrogens is 366 g/mol. The monoisotopic (exact) mass is 397 g/mol. The molecule has 2 fully saturated rings. The second-order valence-corrected chi connectivity index (χ2v) is 9.62. The number of rotatable bonds is 4. The van der Waals surface area contributed by atoms with Crippen LogP contribution >= 0.6 is 0 Å². The first kappa shape index (κ1) is 20.3. The Morgan fingerprint density at radius 1 is 1.24 bits per heavy atom. The van der Waals surface area contributed by atoms with Crippen molar-refractivity contribution >= 4 is 17.3 Å². The molecule has 0 aromatic heterocycles. The highest BCUT2D eigenvalue weighted by atomic mass is 16.6. The lowest BCUT2D eigenvalue weighted by Gasteiger charge is -2.32. The van der Waals surface area contributed by atoms with Crippen molar-refractivity contribution in [1.82, 2.24) is 0 Å². The predicted octanol–water partition coefficient (Wildman–Crippen LogP) is 3.76. The zero-order chi connectivity index (χ0) is 21.3. The summed E-state index contributed by atoms with van der Waals surface area (Å²) in [6, 6.07) is 4.11. The van der Waals surface area contributed by atoms with E-state index in [9.17, 15) is 9.59 Å². The van der Waals surface area contributed by atoms with E-state index in [0.717, 1.165) is 35.1 Å². The standard InChI is InChI=1S/C24H31NO4/c1-7-23(5,6)22(27)29-20-18(17-13(3)10-12(2)11-14(17)4)21(26)24(25)16-9-8-15(28-16)19(20)24/h10-11,15-16,19H,7-9,25H2,1-6H3/t15?,16?,19-,24+/m1/s1. The van der Waals surface area contributed by atoms with Gasteiger partial charge >= 0.3 is 5.97 Å². The number of ether oxygens (including phenoxy) is 2. The van der Waals surface area contributed by atoms with Gasteiger partial charge in [0.05, 0.1) is 29.1 Å². The van der Waals surface area contributed by atoms with E-state index in [1.54, 1.807) is 0 Å². The highest BCUT2D eigenvalue weighted by Gasteiger charge is 2.68. The lowest BCUT2D eigenvalue weighted by Crippen LogP contribution is -2.58. The van der Waals surface area contributed by atoms with Crippen LogP contribution in [0.5, 0.6) is 0 Å². The van der Waals surface area contributed by atoms with Crippen molar-refractivity contribution in [2.75, 3.05) is 0 Å². The molecule has 2 N–H and O–H groups in total. The summed E-state index contributed by atoms with van der Waals surface area (Å²) in [6.45, 7) is 11.7. The summed E-state index contributed by atoms with van der Waals surface area (Å²) in [5.41, 5.74) is 9.40. The molecule has 29 heavy (non-hydrogen) atoms. The van der Waals surface area contributed by atoms with Crippen molar-refractivity contribution < 1.29 is 19.1 Å². The fourth-order valence-corrected chi connectivity index (χ4v) is 5.23. The van der Waals surface area contributed by atoms with Crippen LogP contribution in [0.1, 0.15) is 62.3 Å². The lowest BCUT2D eigenvalue weighted by atomic mass is 9.74. The van der Waals surface area contributed by atoms with E-state index in [0.29, 0.717) is 17.8 Å². The number of benzene rings is 1. The van der Waals surface area contributed by atoms with Gasteiger partial charge in [0.25, 0.3) is 0 Å². The van der Waals surface area contributed by atoms with Crippen LogP contribution in [0.2, 0.25) is 0 Å². The van der Waals surface area contributed by atoms with Crippen molar-refractivity contribution in [2.45, 2.75) is 78.6 Å². The molecule has 2 heterocycles. The smallest absolute Gasteiger partial charge is 0.316 e. The topological polar surface area (TPSA) is 78.6 Å². The molecule has 2 aliphatic heterocycles. The van der Waals surface area contributed by atoms with Crippen LogP contribution < -0.4 is 5.73 Å². The van der Waals surface area contributed by atoms with Crippen molar-refractivity contribution in [2.24, 2.45) is 17.1 Å². The van der Waals surface area contributed by atoms with Crippen LogP contribution in [-0.2, 0) is 19.1 Å². The van der Waals surface area contributed by atoms with Gasteiger partial charge in [0.1, 0.15) is 11.3 Å². The number of esters is 1. The van der Waals surface area contributed by atoms with Gasteiger partial charge in [-0.15, -0.1) is 0 Å². The maximum absolute atomic E-state index is 13.7. The van der Waals surface area contributed by atoms with Crippen LogP contribution in [-0.4, -0.2) is 29.5 Å². The molecule has 0 saturated carbocycles. The number of fused-ring (bicyclic) bond motifs is 5. The number of carbonyl (C=O) groups excluding carboxylic acids is 2. The van der Waals surface area contributed by atoms with Crippen molar-refractivity contribution in [3.05, 3.63) is 40.1 Å². The molecule has 1 aliphatic carbocycles. The molecule has 0 radical (unpaired) electrons.